The molecule has 0 bridgehead atoms. The van der Waals surface area contributed by atoms with E-state index in [0.29, 0.717) is 19.3 Å². The zero-order chi connectivity index (χ0) is 57.1. The van der Waals surface area contributed by atoms with Crippen LogP contribution in [0.4, 0.5) is 0 Å². The Labute approximate surface area is 494 Å². The van der Waals surface area contributed by atoms with E-state index < -0.39 is 6.10 Å². The van der Waals surface area contributed by atoms with Crippen LogP contribution in [0.2, 0.25) is 0 Å². The average molecular weight is 1110 g/mol. The lowest BCUT2D eigenvalue weighted by atomic mass is 10.0. The highest BCUT2D eigenvalue weighted by atomic mass is 16.6. The Balaban J connectivity index is 4.07. The first kappa shape index (κ1) is 77.2. The summed E-state index contributed by atoms with van der Waals surface area (Å²) in [5, 5.41) is 0. The number of carbonyl (C=O) groups is 3. The molecule has 468 valence electrons. The number of ether oxygens (including phenoxy) is 3. The van der Waals surface area contributed by atoms with E-state index in [0.717, 1.165) is 64.2 Å². The number of carbonyl (C=O) groups excluding carboxylic acids is 3. The fourth-order valence-electron chi connectivity index (χ4n) is 11.3. The molecule has 0 amide bonds. The Morgan fingerprint density at radius 3 is 0.646 bits per heavy atom. The van der Waals surface area contributed by atoms with Crippen molar-refractivity contribution in [1.82, 2.24) is 0 Å². The summed E-state index contributed by atoms with van der Waals surface area (Å²) in [7, 11) is 0. The van der Waals surface area contributed by atoms with Crippen LogP contribution in [0, 0.1) is 0 Å². The topological polar surface area (TPSA) is 78.9 Å². The summed E-state index contributed by atoms with van der Waals surface area (Å²) in [6, 6.07) is 0. The number of unbranched alkanes of at least 4 members (excludes halogenated alkanes) is 55. The van der Waals surface area contributed by atoms with E-state index >= 15 is 0 Å². The van der Waals surface area contributed by atoms with Gasteiger partial charge in [0.15, 0.2) is 6.10 Å². The lowest BCUT2D eigenvalue weighted by molar-refractivity contribution is -0.167. The van der Waals surface area contributed by atoms with Crippen molar-refractivity contribution in [2.45, 2.75) is 425 Å². The molecule has 0 aromatic rings. The highest BCUT2D eigenvalue weighted by Gasteiger charge is 2.19. The van der Waals surface area contributed by atoms with Crippen LogP contribution < -0.4 is 0 Å². The summed E-state index contributed by atoms with van der Waals surface area (Å²) in [5.74, 6) is -0.842. The van der Waals surface area contributed by atoms with Gasteiger partial charge < -0.3 is 14.2 Å². The van der Waals surface area contributed by atoms with Gasteiger partial charge in [-0.3, -0.25) is 14.4 Å². The first-order valence-corrected chi connectivity index (χ1v) is 36.2. The van der Waals surface area contributed by atoms with Crippen LogP contribution in [0.3, 0.4) is 0 Å². The minimum atomic E-state index is -0.769. The molecule has 0 aliphatic carbocycles. The summed E-state index contributed by atoms with van der Waals surface area (Å²) in [4.78, 5) is 38.3. The van der Waals surface area contributed by atoms with E-state index in [1.165, 1.54) is 315 Å². The maximum absolute atomic E-state index is 12.9. The standard InChI is InChI=1S/C73H140O6/c1-4-7-10-13-16-19-22-25-27-29-30-31-32-33-34-35-36-37-38-39-40-41-42-43-44-46-48-51-54-57-60-63-66-72(75)78-69-70(68-77-71(74)65-62-59-56-53-50-47-24-21-18-15-12-9-6-3)79-73(76)67-64-61-58-55-52-49-45-28-26-23-20-17-14-11-8-5-2/h21,24,70H,4-20,22-23,25-69H2,1-3H3/b24-21-. The molecule has 6 heteroatoms. The van der Waals surface area contributed by atoms with E-state index in [9.17, 15) is 14.4 Å². The summed E-state index contributed by atoms with van der Waals surface area (Å²) >= 11 is 0. The van der Waals surface area contributed by atoms with Crippen LogP contribution in [-0.2, 0) is 28.6 Å². The van der Waals surface area contributed by atoms with Gasteiger partial charge in [0.1, 0.15) is 13.2 Å². The molecule has 1 unspecified atom stereocenters. The smallest absolute Gasteiger partial charge is 0.306 e. The van der Waals surface area contributed by atoms with E-state index in [1.807, 2.05) is 0 Å². The molecule has 79 heavy (non-hydrogen) atoms. The fourth-order valence-corrected chi connectivity index (χ4v) is 11.3. The van der Waals surface area contributed by atoms with Crippen LogP contribution >= 0.6 is 0 Å². The van der Waals surface area contributed by atoms with Crippen LogP contribution in [0.5, 0.6) is 0 Å². The monoisotopic (exact) mass is 1110 g/mol. The number of rotatable bonds is 68. The molecule has 0 aliphatic rings. The number of hydrogen-bond donors (Lipinski definition) is 0. The molecular weight excluding hydrogens is 973 g/mol. The molecule has 1 atom stereocenters. The van der Waals surface area contributed by atoms with Crippen molar-refractivity contribution >= 4 is 17.9 Å². The maximum atomic E-state index is 12.9. The van der Waals surface area contributed by atoms with E-state index in [2.05, 4.69) is 32.9 Å². The minimum Gasteiger partial charge on any atom is -0.462 e. The van der Waals surface area contributed by atoms with Gasteiger partial charge in [0.2, 0.25) is 0 Å². The van der Waals surface area contributed by atoms with Crippen molar-refractivity contribution in [2.24, 2.45) is 0 Å². The van der Waals surface area contributed by atoms with Gasteiger partial charge in [-0.2, -0.15) is 0 Å². The first-order chi connectivity index (χ1) is 39.0. The van der Waals surface area contributed by atoms with Gasteiger partial charge in [0, 0.05) is 19.3 Å². The molecule has 0 radical (unpaired) electrons. The molecule has 6 nitrogen and oxygen atoms in total. The normalized spacial score (nSPS) is 12.0. The van der Waals surface area contributed by atoms with Crippen molar-refractivity contribution in [3.8, 4) is 0 Å². The van der Waals surface area contributed by atoms with Crippen molar-refractivity contribution in [3.05, 3.63) is 12.2 Å². The second kappa shape index (κ2) is 68.6. The van der Waals surface area contributed by atoms with E-state index in [1.54, 1.807) is 0 Å². The SMILES string of the molecule is CCCCCC/C=C\CCCCCCCC(=O)OCC(COC(=O)CCCCCCCCCCCCCCCCCCCCCCCCCCCCCCCCCC)OC(=O)CCCCCCCCCCCCCCCCCC. The van der Waals surface area contributed by atoms with Gasteiger partial charge in [-0.15, -0.1) is 0 Å². The van der Waals surface area contributed by atoms with Gasteiger partial charge in [0.05, 0.1) is 0 Å². The molecule has 0 aromatic carbocycles. The van der Waals surface area contributed by atoms with E-state index in [-0.39, 0.29) is 31.1 Å². The lowest BCUT2D eigenvalue weighted by Crippen LogP contribution is -2.30. The van der Waals surface area contributed by atoms with Gasteiger partial charge in [-0.05, 0) is 44.9 Å². The molecule has 0 N–H and O–H groups in total. The quantitative estimate of drug-likeness (QED) is 0.0261. The van der Waals surface area contributed by atoms with Crippen LogP contribution in [0.15, 0.2) is 12.2 Å². The Bertz CT molecular complexity index is 1230. The first-order valence-electron chi connectivity index (χ1n) is 36.2. The van der Waals surface area contributed by atoms with E-state index in [4.69, 9.17) is 14.2 Å². The molecule has 0 fully saturated rings. The Hall–Kier alpha value is -1.85. The predicted molar refractivity (Wildman–Crippen MR) is 344 cm³/mol. The van der Waals surface area contributed by atoms with Crippen LogP contribution in [0.25, 0.3) is 0 Å². The maximum Gasteiger partial charge on any atom is 0.306 e. The summed E-state index contributed by atoms with van der Waals surface area (Å²) in [6.45, 7) is 6.70. The lowest BCUT2D eigenvalue weighted by Gasteiger charge is -2.18. The van der Waals surface area contributed by atoms with Gasteiger partial charge >= 0.3 is 17.9 Å². The second-order valence-electron chi connectivity index (χ2n) is 24.9. The third-order valence-electron chi connectivity index (χ3n) is 16.8. The molecule has 0 saturated heterocycles. The Kier molecular flexibility index (Phi) is 67.0. The van der Waals surface area contributed by atoms with Crippen LogP contribution in [-0.4, -0.2) is 37.2 Å². The zero-order valence-corrected chi connectivity index (χ0v) is 53.9. The highest BCUT2D eigenvalue weighted by molar-refractivity contribution is 5.71. The second-order valence-corrected chi connectivity index (χ2v) is 24.9. The van der Waals surface area contributed by atoms with Crippen molar-refractivity contribution in [1.29, 1.82) is 0 Å². The largest absolute Gasteiger partial charge is 0.462 e. The number of allylic oxidation sites excluding steroid dienone is 2. The molecule has 0 saturated carbocycles. The molecular formula is C73H140O6. The van der Waals surface area contributed by atoms with Gasteiger partial charge in [-0.1, -0.05) is 367 Å². The van der Waals surface area contributed by atoms with Crippen molar-refractivity contribution in [3.63, 3.8) is 0 Å². The Morgan fingerprint density at radius 2 is 0.418 bits per heavy atom. The predicted octanol–water partition coefficient (Wildman–Crippen LogP) is 24.8. The average Bonchev–Trinajstić information content (AvgIpc) is 3.45. The van der Waals surface area contributed by atoms with Gasteiger partial charge in [-0.25, -0.2) is 0 Å². The summed E-state index contributed by atoms with van der Waals surface area (Å²) < 4.78 is 17.0. The molecule has 0 aliphatic heterocycles. The highest BCUT2D eigenvalue weighted by Crippen LogP contribution is 2.19. The molecule has 0 aromatic heterocycles. The van der Waals surface area contributed by atoms with Crippen molar-refractivity contribution in [2.75, 3.05) is 13.2 Å². The third-order valence-corrected chi connectivity index (χ3v) is 16.8. The summed E-state index contributed by atoms with van der Waals surface area (Å²) in [6.07, 6.45) is 82.7. The van der Waals surface area contributed by atoms with Gasteiger partial charge in [0.25, 0.3) is 0 Å². The third kappa shape index (κ3) is 66.8. The number of esters is 3. The molecule has 0 spiro atoms. The van der Waals surface area contributed by atoms with Crippen LogP contribution in [0.1, 0.15) is 419 Å². The Morgan fingerprint density at radius 1 is 0.241 bits per heavy atom. The fraction of sp³-hybridized carbons (Fsp3) is 0.932. The van der Waals surface area contributed by atoms with Crippen molar-refractivity contribution < 1.29 is 28.6 Å². The number of hydrogen-bond acceptors (Lipinski definition) is 6. The molecule has 0 rings (SSSR count). The zero-order valence-electron chi connectivity index (χ0n) is 53.9. The summed E-state index contributed by atoms with van der Waals surface area (Å²) in [5.41, 5.74) is 0. The minimum absolute atomic E-state index is 0.0658. The molecule has 0 heterocycles.